The molecule has 0 amide bonds. The van der Waals surface area contributed by atoms with Crippen LogP contribution in [0.5, 0.6) is 0 Å². The van der Waals surface area contributed by atoms with Crippen LogP contribution in [0.3, 0.4) is 0 Å². The Balaban J connectivity index is 2.82. The molecule has 2 rings (SSSR count). The van der Waals surface area contributed by atoms with E-state index < -0.39 is 34.0 Å². The molecule has 1 heterocycles. The average molecular weight is 296 g/mol. The zero-order valence-corrected chi connectivity index (χ0v) is 11.6. The third kappa shape index (κ3) is 2.78. The van der Waals surface area contributed by atoms with Crippen LogP contribution in [0, 0.1) is 11.6 Å². The Hall–Kier alpha value is -2.28. The fraction of sp³-hybridized carbons (Fsp3) is 0.286. The van der Waals surface area contributed by atoms with E-state index in [-0.39, 0.29) is 12.1 Å². The van der Waals surface area contributed by atoms with Crippen LogP contribution < -0.4 is 5.43 Å². The van der Waals surface area contributed by atoms with Gasteiger partial charge in [-0.3, -0.25) is 4.79 Å². The second kappa shape index (κ2) is 5.61. The second-order valence-electron chi connectivity index (χ2n) is 4.93. The van der Waals surface area contributed by atoms with E-state index in [1.165, 1.54) is 4.57 Å². The number of aromatic nitrogens is 1. The highest BCUT2D eigenvalue weighted by molar-refractivity contribution is 5.92. The van der Waals surface area contributed by atoms with Crippen LogP contribution in [-0.2, 0) is 6.54 Å². The van der Waals surface area contributed by atoms with Gasteiger partial charge in [0.15, 0.2) is 0 Å². The molecule has 1 N–H and O–H groups in total. The summed E-state index contributed by atoms with van der Waals surface area (Å²) in [5, 5.41) is 8.51. The van der Waals surface area contributed by atoms with Gasteiger partial charge in [-0.15, -0.1) is 0 Å². The molecule has 7 heteroatoms. The summed E-state index contributed by atoms with van der Waals surface area (Å²) < 4.78 is 29.1. The molecule has 0 bridgehead atoms. The number of benzene rings is 1. The van der Waals surface area contributed by atoms with Crippen molar-refractivity contribution in [2.24, 2.45) is 0 Å². The number of pyridine rings is 1. The molecule has 0 unspecified atom stereocenters. The maximum atomic E-state index is 14.0. The zero-order valence-electron chi connectivity index (χ0n) is 11.6. The van der Waals surface area contributed by atoms with Gasteiger partial charge >= 0.3 is 5.97 Å². The van der Waals surface area contributed by atoms with Crippen molar-refractivity contribution in [1.82, 2.24) is 9.47 Å². The molecule has 0 saturated heterocycles. The number of hydrogen-bond donors (Lipinski definition) is 1. The van der Waals surface area contributed by atoms with Gasteiger partial charge in [0, 0.05) is 19.3 Å². The molecule has 0 spiro atoms. The number of carboxylic acid groups (broad SMARTS) is 1. The van der Waals surface area contributed by atoms with Crippen molar-refractivity contribution in [3.63, 3.8) is 0 Å². The van der Waals surface area contributed by atoms with Gasteiger partial charge in [0.05, 0.1) is 10.9 Å². The van der Waals surface area contributed by atoms with Crippen molar-refractivity contribution in [2.45, 2.75) is 6.54 Å². The normalized spacial score (nSPS) is 11.3. The number of halogens is 2. The lowest BCUT2D eigenvalue weighted by Gasteiger charge is -2.16. The molecule has 2 aromatic rings. The highest BCUT2D eigenvalue weighted by Crippen LogP contribution is 2.19. The van der Waals surface area contributed by atoms with E-state index in [4.69, 9.17) is 5.11 Å². The molecular formula is C14H14F2N2O3. The predicted molar refractivity (Wildman–Crippen MR) is 73.6 cm³/mol. The van der Waals surface area contributed by atoms with Crippen LogP contribution in [-0.4, -0.2) is 41.2 Å². The Morgan fingerprint density at radius 2 is 1.90 bits per heavy atom. The van der Waals surface area contributed by atoms with Gasteiger partial charge < -0.3 is 14.6 Å². The Kier molecular flexibility index (Phi) is 4.04. The number of carboxylic acids is 1. The van der Waals surface area contributed by atoms with Crippen molar-refractivity contribution in [3.8, 4) is 0 Å². The fourth-order valence-corrected chi connectivity index (χ4v) is 2.09. The molecule has 0 fully saturated rings. The number of nitrogens with zero attached hydrogens (tertiary/aromatic N) is 2. The summed E-state index contributed by atoms with van der Waals surface area (Å²) in [7, 11) is 3.58. The minimum Gasteiger partial charge on any atom is -0.477 e. The first-order chi connectivity index (χ1) is 9.82. The Morgan fingerprint density at radius 1 is 1.29 bits per heavy atom. The minimum atomic E-state index is -1.47. The molecular weight excluding hydrogens is 282 g/mol. The van der Waals surface area contributed by atoms with Crippen LogP contribution in [0.1, 0.15) is 10.4 Å². The Morgan fingerprint density at radius 3 is 2.48 bits per heavy atom. The quantitative estimate of drug-likeness (QED) is 0.929. The first-order valence-corrected chi connectivity index (χ1v) is 6.22. The van der Waals surface area contributed by atoms with Gasteiger partial charge in [-0.1, -0.05) is 0 Å². The minimum absolute atomic E-state index is 0.216. The van der Waals surface area contributed by atoms with Gasteiger partial charge in [-0.05, 0) is 26.2 Å². The summed E-state index contributed by atoms with van der Waals surface area (Å²) in [5.41, 5.74) is -1.81. The molecule has 1 aromatic heterocycles. The number of likely N-dealkylation sites (N-methyl/N-ethyl adjacent to an activating group) is 1. The zero-order chi connectivity index (χ0) is 15.7. The number of fused-ring (bicyclic) bond motifs is 1. The van der Waals surface area contributed by atoms with E-state index in [1.807, 2.05) is 4.90 Å². The van der Waals surface area contributed by atoms with Gasteiger partial charge in [0.2, 0.25) is 5.43 Å². The molecule has 0 aliphatic rings. The summed E-state index contributed by atoms with van der Waals surface area (Å²) in [5.74, 6) is -3.17. The average Bonchev–Trinajstić information content (AvgIpc) is 2.40. The van der Waals surface area contributed by atoms with Crippen LogP contribution >= 0.6 is 0 Å². The van der Waals surface area contributed by atoms with E-state index in [0.29, 0.717) is 6.54 Å². The predicted octanol–water partition coefficient (Wildman–Crippen LogP) is 1.54. The first-order valence-electron chi connectivity index (χ1n) is 6.22. The number of carbonyl (C=O) groups is 1. The lowest BCUT2D eigenvalue weighted by Crippen LogP contribution is -2.24. The standard InChI is InChI=1S/C14H14F2N2O3/c1-17(2)5-6-18-7-8(14(20)21)13(19)11-9(15)3-4-10(16)12(11)18/h3-4,7H,5-6H2,1-2H3,(H,20,21). The van der Waals surface area contributed by atoms with Crippen molar-refractivity contribution in [2.75, 3.05) is 20.6 Å². The molecule has 1 aromatic carbocycles. The van der Waals surface area contributed by atoms with Crippen molar-refractivity contribution in [3.05, 3.63) is 45.8 Å². The molecule has 0 aliphatic heterocycles. The third-order valence-corrected chi connectivity index (χ3v) is 3.14. The molecule has 0 atom stereocenters. The van der Waals surface area contributed by atoms with Crippen molar-refractivity contribution >= 4 is 16.9 Å². The monoisotopic (exact) mass is 296 g/mol. The molecule has 112 valence electrons. The summed E-state index contributed by atoms with van der Waals surface area (Å²) in [6.07, 6.45) is 1.05. The Labute approximate surface area is 119 Å². The van der Waals surface area contributed by atoms with E-state index in [0.717, 1.165) is 18.3 Å². The van der Waals surface area contributed by atoms with Gasteiger partial charge in [-0.25, -0.2) is 13.6 Å². The van der Waals surface area contributed by atoms with Crippen LogP contribution in [0.15, 0.2) is 23.1 Å². The van der Waals surface area contributed by atoms with Crippen LogP contribution in [0.25, 0.3) is 10.9 Å². The van der Waals surface area contributed by atoms with Gasteiger partial charge in [-0.2, -0.15) is 0 Å². The van der Waals surface area contributed by atoms with E-state index in [1.54, 1.807) is 14.1 Å². The highest BCUT2D eigenvalue weighted by atomic mass is 19.1. The number of aromatic carboxylic acids is 1. The van der Waals surface area contributed by atoms with Crippen LogP contribution in [0.4, 0.5) is 8.78 Å². The maximum Gasteiger partial charge on any atom is 0.341 e. The molecule has 21 heavy (non-hydrogen) atoms. The lowest BCUT2D eigenvalue weighted by molar-refractivity contribution is 0.0694. The summed E-state index contributed by atoms with van der Waals surface area (Å²) in [6.45, 7) is 0.706. The first kappa shape index (κ1) is 15.1. The number of rotatable bonds is 4. The second-order valence-corrected chi connectivity index (χ2v) is 4.93. The SMILES string of the molecule is CN(C)CCn1cc(C(=O)O)c(=O)c2c(F)ccc(F)c21. The Bertz CT molecular complexity index is 769. The summed E-state index contributed by atoms with van der Waals surface area (Å²) >= 11 is 0. The topological polar surface area (TPSA) is 62.5 Å². The lowest BCUT2D eigenvalue weighted by atomic mass is 10.1. The highest BCUT2D eigenvalue weighted by Gasteiger charge is 2.19. The molecule has 0 aliphatic carbocycles. The fourth-order valence-electron chi connectivity index (χ4n) is 2.09. The third-order valence-electron chi connectivity index (χ3n) is 3.14. The summed E-state index contributed by atoms with van der Waals surface area (Å²) in [6, 6.07) is 1.74. The van der Waals surface area contributed by atoms with Crippen LogP contribution in [0.2, 0.25) is 0 Å². The van der Waals surface area contributed by atoms with Crippen molar-refractivity contribution in [1.29, 1.82) is 0 Å². The smallest absolute Gasteiger partial charge is 0.341 e. The molecule has 5 nitrogen and oxygen atoms in total. The van der Waals surface area contributed by atoms with Gasteiger partial charge in [0.1, 0.15) is 17.2 Å². The largest absolute Gasteiger partial charge is 0.477 e. The molecule has 0 saturated carbocycles. The van der Waals surface area contributed by atoms with Gasteiger partial charge in [0.25, 0.3) is 0 Å². The van der Waals surface area contributed by atoms with E-state index in [2.05, 4.69) is 0 Å². The van der Waals surface area contributed by atoms with Crippen molar-refractivity contribution < 1.29 is 18.7 Å². The van der Waals surface area contributed by atoms with E-state index in [9.17, 15) is 18.4 Å². The molecule has 0 radical (unpaired) electrons. The summed E-state index contributed by atoms with van der Waals surface area (Å²) in [4.78, 5) is 24.9. The maximum absolute atomic E-state index is 14.0. The number of hydrogen-bond acceptors (Lipinski definition) is 3. The van der Waals surface area contributed by atoms with E-state index >= 15 is 0 Å².